The first-order chi connectivity index (χ1) is 10.3. The Kier molecular flexibility index (Phi) is 3.28. The van der Waals surface area contributed by atoms with Gasteiger partial charge in [-0.3, -0.25) is 4.90 Å². The van der Waals surface area contributed by atoms with E-state index in [0.717, 1.165) is 17.9 Å². The number of rotatable bonds is 3. The van der Waals surface area contributed by atoms with Crippen molar-refractivity contribution < 1.29 is 0 Å². The number of imidazole rings is 1. The van der Waals surface area contributed by atoms with Crippen molar-refractivity contribution >= 4 is 22.4 Å². The van der Waals surface area contributed by atoms with E-state index in [-0.39, 0.29) is 0 Å². The molecular formula is C17H19N3S. The predicted octanol–water partition coefficient (Wildman–Crippen LogP) is 3.90. The van der Waals surface area contributed by atoms with E-state index < -0.39 is 0 Å². The fraction of sp³-hybridized carbons (Fsp3) is 0.353. The Morgan fingerprint density at radius 1 is 1.19 bits per heavy atom. The molecule has 1 fully saturated rings. The van der Waals surface area contributed by atoms with E-state index in [1.165, 1.54) is 41.9 Å². The number of hydrogen-bond acceptors (Lipinski definition) is 3. The highest BCUT2D eigenvalue weighted by atomic mass is 32.1. The molecule has 0 saturated carbocycles. The first-order valence-corrected chi connectivity index (χ1v) is 8.41. The molecule has 0 bridgehead atoms. The Bertz CT molecular complexity index is 765. The molecule has 3 aromatic rings. The van der Waals surface area contributed by atoms with Gasteiger partial charge < -0.3 is 4.57 Å². The summed E-state index contributed by atoms with van der Waals surface area (Å²) in [5.74, 6) is 1.08. The van der Waals surface area contributed by atoms with Gasteiger partial charge in [0.1, 0.15) is 0 Å². The van der Waals surface area contributed by atoms with Crippen molar-refractivity contribution in [2.75, 3.05) is 13.1 Å². The molecule has 3 nitrogen and oxygen atoms in total. The van der Waals surface area contributed by atoms with Crippen LogP contribution in [0.4, 0.5) is 0 Å². The molecule has 0 amide bonds. The van der Waals surface area contributed by atoms with Crippen molar-refractivity contribution in [3.63, 3.8) is 0 Å². The zero-order valence-electron chi connectivity index (χ0n) is 12.2. The second-order valence-corrected chi connectivity index (χ2v) is 6.70. The minimum Gasteiger partial charge on any atom is -0.326 e. The van der Waals surface area contributed by atoms with Gasteiger partial charge in [-0.1, -0.05) is 12.1 Å². The molecule has 1 aliphatic heterocycles. The minimum absolute atomic E-state index is 1.07. The lowest BCUT2D eigenvalue weighted by Crippen LogP contribution is -2.17. The summed E-state index contributed by atoms with van der Waals surface area (Å²) in [4.78, 5) is 8.60. The van der Waals surface area contributed by atoms with Crippen LogP contribution in [-0.2, 0) is 13.6 Å². The third kappa shape index (κ3) is 2.39. The standard InChI is InChI=1S/C17H19N3S/c1-19-15-7-3-2-6-14(15)18-17(19)16-10-13(12-21-16)11-20-8-4-5-9-20/h2-3,6-7,10,12H,4-5,8-9,11H2,1H3. The SMILES string of the molecule is Cn1c(-c2cc(CN3CCCC3)cs2)nc2ccccc21. The average Bonchev–Trinajstić information content (AvgIpc) is 3.21. The Balaban J connectivity index is 1.65. The number of aryl methyl sites for hydroxylation is 1. The van der Waals surface area contributed by atoms with Crippen molar-refractivity contribution in [2.45, 2.75) is 19.4 Å². The van der Waals surface area contributed by atoms with Crippen molar-refractivity contribution in [3.05, 3.63) is 41.3 Å². The highest BCUT2D eigenvalue weighted by Gasteiger charge is 2.15. The zero-order valence-corrected chi connectivity index (χ0v) is 13.1. The van der Waals surface area contributed by atoms with Gasteiger partial charge >= 0.3 is 0 Å². The van der Waals surface area contributed by atoms with Crippen LogP contribution < -0.4 is 0 Å². The minimum atomic E-state index is 1.07. The summed E-state index contributed by atoms with van der Waals surface area (Å²) >= 11 is 1.81. The van der Waals surface area contributed by atoms with Crippen molar-refractivity contribution in [3.8, 4) is 10.7 Å². The number of thiophene rings is 1. The molecular weight excluding hydrogens is 278 g/mol. The summed E-state index contributed by atoms with van der Waals surface area (Å²) in [7, 11) is 2.10. The predicted molar refractivity (Wildman–Crippen MR) is 88.5 cm³/mol. The Morgan fingerprint density at radius 3 is 2.81 bits per heavy atom. The van der Waals surface area contributed by atoms with Crippen molar-refractivity contribution in [1.82, 2.24) is 14.5 Å². The molecule has 0 atom stereocenters. The van der Waals surface area contributed by atoms with Gasteiger partial charge in [0.05, 0.1) is 15.9 Å². The fourth-order valence-electron chi connectivity index (χ4n) is 3.14. The number of para-hydroxylation sites is 2. The van der Waals surface area contributed by atoms with Crippen LogP contribution in [0.1, 0.15) is 18.4 Å². The molecule has 0 unspecified atom stereocenters. The quantitative estimate of drug-likeness (QED) is 0.731. The van der Waals surface area contributed by atoms with Crippen LogP contribution >= 0.6 is 11.3 Å². The Labute approximate surface area is 128 Å². The van der Waals surface area contributed by atoms with Crippen LogP contribution in [0.2, 0.25) is 0 Å². The molecule has 108 valence electrons. The van der Waals surface area contributed by atoms with Crippen LogP contribution in [0.15, 0.2) is 35.7 Å². The molecule has 3 heterocycles. The Hall–Kier alpha value is -1.65. The molecule has 2 aromatic heterocycles. The molecule has 1 saturated heterocycles. The molecule has 21 heavy (non-hydrogen) atoms. The largest absolute Gasteiger partial charge is 0.326 e. The van der Waals surface area contributed by atoms with Gasteiger partial charge in [-0.2, -0.15) is 0 Å². The van der Waals surface area contributed by atoms with Gasteiger partial charge in [-0.05, 0) is 55.1 Å². The monoisotopic (exact) mass is 297 g/mol. The van der Waals surface area contributed by atoms with Crippen LogP contribution in [-0.4, -0.2) is 27.5 Å². The van der Waals surface area contributed by atoms with Crippen molar-refractivity contribution in [1.29, 1.82) is 0 Å². The van der Waals surface area contributed by atoms with E-state index >= 15 is 0 Å². The summed E-state index contributed by atoms with van der Waals surface area (Å²) < 4.78 is 2.20. The second-order valence-electron chi connectivity index (χ2n) is 5.79. The maximum absolute atomic E-state index is 4.79. The lowest BCUT2D eigenvalue weighted by atomic mass is 10.3. The van der Waals surface area contributed by atoms with Crippen LogP contribution in [0.5, 0.6) is 0 Å². The molecule has 1 aliphatic rings. The maximum Gasteiger partial charge on any atom is 0.150 e. The summed E-state index contributed by atoms with van der Waals surface area (Å²) in [6.07, 6.45) is 2.70. The van der Waals surface area contributed by atoms with Crippen molar-refractivity contribution in [2.24, 2.45) is 7.05 Å². The van der Waals surface area contributed by atoms with E-state index in [9.17, 15) is 0 Å². The van der Waals surface area contributed by atoms with Gasteiger partial charge in [-0.25, -0.2) is 4.98 Å². The van der Waals surface area contributed by atoms with Crippen LogP contribution in [0, 0.1) is 0 Å². The average molecular weight is 297 g/mol. The highest BCUT2D eigenvalue weighted by molar-refractivity contribution is 7.13. The van der Waals surface area contributed by atoms with E-state index in [2.05, 4.69) is 46.2 Å². The third-order valence-electron chi connectivity index (χ3n) is 4.27. The highest BCUT2D eigenvalue weighted by Crippen LogP contribution is 2.29. The smallest absolute Gasteiger partial charge is 0.150 e. The third-order valence-corrected chi connectivity index (χ3v) is 5.24. The van der Waals surface area contributed by atoms with Gasteiger partial charge in [0.25, 0.3) is 0 Å². The normalized spacial score (nSPS) is 16.0. The van der Waals surface area contributed by atoms with Gasteiger partial charge in [0, 0.05) is 13.6 Å². The van der Waals surface area contributed by atoms with E-state index in [1.807, 2.05) is 6.07 Å². The maximum atomic E-state index is 4.79. The number of benzene rings is 1. The van der Waals surface area contributed by atoms with Gasteiger partial charge in [0.2, 0.25) is 0 Å². The summed E-state index contributed by atoms with van der Waals surface area (Å²) in [5, 5.41) is 2.28. The fourth-order valence-corrected chi connectivity index (χ4v) is 4.07. The van der Waals surface area contributed by atoms with Gasteiger partial charge in [0.15, 0.2) is 5.82 Å². The topological polar surface area (TPSA) is 21.1 Å². The van der Waals surface area contributed by atoms with E-state index in [1.54, 1.807) is 11.3 Å². The molecule has 0 spiro atoms. The number of aromatic nitrogens is 2. The van der Waals surface area contributed by atoms with Crippen LogP contribution in [0.3, 0.4) is 0 Å². The van der Waals surface area contributed by atoms with Crippen LogP contribution in [0.25, 0.3) is 21.7 Å². The summed E-state index contributed by atoms with van der Waals surface area (Å²) in [6.45, 7) is 3.58. The van der Waals surface area contributed by atoms with E-state index in [0.29, 0.717) is 0 Å². The van der Waals surface area contributed by atoms with Gasteiger partial charge in [-0.15, -0.1) is 11.3 Å². The summed E-state index contributed by atoms with van der Waals surface area (Å²) in [5.41, 5.74) is 3.69. The first kappa shape index (κ1) is 13.0. The number of fused-ring (bicyclic) bond motifs is 1. The molecule has 0 aliphatic carbocycles. The zero-order chi connectivity index (χ0) is 14.2. The lowest BCUT2D eigenvalue weighted by molar-refractivity contribution is 0.332. The molecule has 0 N–H and O–H groups in total. The molecule has 0 radical (unpaired) electrons. The second kappa shape index (κ2) is 5.28. The molecule has 4 heteroatoms. The lowest BCUT2D eigenvalue weighted by Gasteiger charge is -2.12. The number of nitrogens with zero attached hydrogens (tertiary/aromatic N) is 3. The Morgan fingerprint density at radius 2 is 2.00 bits per heavy atom. The number of hydrogen-bond donors (Lipinski definition) is 0. The first-order valence-electron chi connectivity index (χ1n) is 7.53. The number of likely N-dealkylation sites (tertiary alicyclic amines) is 1. The molecule has 1 aromatic carbocycles. The summed E-state index contributed by atoms with van der Waals surface area (Å²) in [6, 6.07) is 10.6. The molecule has 4 rings (SSSR count). The van der Waals surface area contributed by atoms with E-state index in [4.69, 9.17) is 4.98 Å².